The number of hydrogen-bond donors (Lipinski definition) is 1. The summed E-state index contributed by atoms with van der Waals surface area (Å²) in [6.45, 7) is 9.40. The Balaban J connectivity index is 0.00000127. The number of carbonyl (C=O) groups excluding carboxylic acids is 1. The highest BCUT2D eigenvalue weighted by Gasteiger charge is 2.27. The molecule has 1 aromatic carbocycles. The van der Waals surface area contributed by atoms with Crippen LogP contribution in [0.2, 0.25) is 0 Å². The Morgan fingerprint density at radius 2 is 1.92 bits per heavy atom. The molecule has 1 aliphatic heterocycles. The fourth-order valence-electron chi connectivity index (χ4n) is 4.30. The summed E-state index contributed by atoms with van der Waals surface area (Å²) in [6.07, 6.45) is 5.09. The Morgan fingerprint density at radius 3 is 2.53 bits per heavy atom. The van der Waals surface area contributed by atoms with Crippen LogP contribution in [-0.4, -0.2) is 53.9 Å². The van der Waals surface area contributed by atoms with Gasteiger partial charge in [0.2, 0.25) is 0 Å². The van der Waals surface area contributed by atoms with E-state index in [4.69, 9.17) is 19.3 Å². The van der Waals surface area contributed by atoms with Crippen LogP contribution in [0.5, 0.6) is 5.75 Å². The summed E-state index contributed by atoms with van der Waals surface area (Å²) < 4.78 is 17.1. The predicted octanol–water partition coefficient (Wildman–Crippen LogP) is 5.40. The summed E-state index contributed by atoms with van der Waals surface area (Å²) in [4.78, 5) is 18.3. The predicted molar refractivity (Wildman–Crippen MR) is 146 cm³/mol. The van der Waals surface area contributed by atoms with Crippen molar-refractivity contribution < 1.29 is 18.8 Å². The molecule has 4 rings (SSSR count). The number of fused-ring (bicyclic) bond motifs is 1. The van der Waals surface area contributed by atoms with Gasteiger partial charge in [-0.25, -0.2) is 4.79 Å². The van der Waals surface area contributed by atoms with Crippen molar-refractivity contribution in [2.75, 3.05) is 27.2 Å². The number of rotatable bonds is 6. The Hall–Kier alpha value is -3.64. The molecule has 0 atom stereocenters. The van der Waals surface area contributed by atoms with Crippen molar-refractivity contribution in [2.24, 2.45) is 5.92 Å². The molecular formula is C29H39N5O4. The van der Waals surface area contributed by atoms with Crippen LogP contribution in [-0.2, 0) is 17.8 Å². The number of benzene rings is 1. The van der Waals surface area contributed by atoms with E-state index in [0.29, 0.717) is 18.1 Å². The topological polar surface area (TPSA) is 114 Å². The summed E-state index contributed by atoms with van der Waals surface area (Å²) in [5.74, 6) is 1.27. The highest BCUT2D eigenvalue weighted by molar-refractivity contribution is 5.84. The summed E-state index contributed by atoms with van der Waals surface area (Å²) in [6, 6.07) is 9.52. The summed E-state index contributed by atoms with van der Waals surface area (Å²) >= 11 is 0. The van der Waals surface area contributed by atoms with Crippen LogP contribution in [0, 0.1) is 24.2 Å². The number of hydrogen-bond acceptors (Lipinski definition) is 8. The highest BCUT2D eigenvalue weighted by atomic mass is 16.6. The van der Waals surface area contributed by atoms with Crippen LogP contribution >= 0.6 is 0 Å². The van der Waals surface area contributed by atoms with Crippen molar-refractivity contribution in [3.8, 4) is 11.8 Å². The van der Waals surface area contributed by atoms with Crippen molar-refractivity contribution in [1.82, 2.24) is 20.4 Å². The number of ether oxygens (including phenoxy) is 2. The Morgan fingerprint density at radius 1 is 1.21 bits per heavy atom. The molecule has 2 aromatic heterocycles. The van der Waals surface area contributed by atoms with Crippen LogP contribution in [0.25, 0.3) is 11.0 Å². The number of likely N-dealkylation sites (tertiary alicyclic amines) is 1. The third-order valence-electron chi connectivity index (χ3n) is 6.30. The Labute approximate surface area is 225 Å². The number of amides is 1. The first-order chi connectivity index (χ1) is 18.1. The molecule has 38 heavy (non-hydrogen) atoms. The van der Waals surface area contributed by atoms with Gasteiger partial charge in [0.25, 0.3) is 0 Å². The summed E-state index contributed by atoms with van der Waals surface area (Å²) in [7, 11) is 3.75. The number of pyridine rings is 1. The summed E-state index contributed by atoms with van der Waals surface area (Å²) in [5.41, 5.74) is 3.41. The zero-order chi connectivity index (χ0) is 27.7. The molecule has 0 unspecified atom stereocenters. The van der Waals surface area contributed by atoms with Crippen LogP contribution < -0.4 is 10.1 Å². The van der Waals surface area contributed by atoms with Crippen molar-refractivity contribution in [3.05, 3.63) is 53.0 Å². The molecule has 3 aromatic rings. The smallest absolute Gasteiger partial charge is 0.410 e. The quantitative estimate of drug-likeness (QED) is 0.459. The van der Waals surface area contributed by atoms with Crippen molar-refractivity contribution in [2.45, 2.75) is 65.6 Å². The molecule has 1 fully saturated rings. The number of nitrogens with zero attached hydrogens (tertiary/aromatic N) is 4. The molecule has 9 heteroatoms. The van der Waals surface area contributed by atoms with E-state index in [0.717, 1.165) is 72.4 Å². The van der Waals surface area contributed by atoms with Gasteiger partial charge in [-0.1, -0.05) is 5.16 Å². The minimum absolute atomic E-state index is 0.220. The third kappa shape index (κ3) is 7.93. The zero-order valence-corrected chi connectivity index (χ0v) is 23.3. The van der Waals surface area contributed by atoms with E-state index in [1.807, 2.05) is 58.8 Å². The standard InChI is InChI=1S/C27H32N4O4.C2H7N/c1-18-24(33-17-21-7-5-20(15-28)16-29-21)10-8-22-23(30-35-25(18)22)9-6-19-11-13-31(14-12-19)26(32)34-27(2,3)4;1-3-2/h5,7-8,10,16,19H,6,9,11-14,17H2,1-4H3;3H,1-2H3. The van der Waals surface area contributed by atoms with E-state index in [2.05, 4.69) is 21.5 Å². The van der Waals surface area contributed by atoms with Crippen LogP contribution in [0.3, 0.4) is 0 Å². The van der Waals surface area contributed by atoms with Gasteiger partial charge in [-0.15, -0.1) is 0 Å². The average Bonchev–Trinajstić information content (AvgIpc) is 3.31. The number of aromatic nitrogens is 2. The number of nitrogens with one attached hydrogen (secondary N) is 1. The molecule has 0 saturated carbocycles. The normalized spacial score (nSPS) is 14.0. The first-order valence-corrected chi connectivity index (χ1v) is 13.1. The van der Waals surface area contributed by atoms with Gasteiger partial charge in [-0.05, 0) is 97.7 Å². The molecule has 3 heterocycles. The second-order valence-electron chi connectivity index (χ2n) is 10.6. The first-order valence-electron chi connectivity index (χ1n) is 13.1. The highest BCUT2D eigenvalue weighted by Crippen LogP contribution is 2.31. The number of piperidine rings is 1. The molecule has 0 bridgehead atoms. The fourth-order valence-corrected chi connectivity index (χ4v) is 4.30. The molecule has 1 N–H and O–H groups in total. The molecule has 1 amide bonds. The van der Waals surface area contributed by atoms with E-state index in [1.54, 1.807) is 18.3 Å². The van der Waals surface area contributed by atoms with Crippen molar-refractivity contribution in [3.63, 3.8) is 0 Å². The van der Waals surface area contributed by atoms with Crippen LogP contribution in [0.4, 0.5) is 4.79 Å². The maximum absolute atomic E-state index is 12.3. The maximum Gasteiger partial charge on any atom is 0.410 e. The largest absolute Gasteiger partial charge is 0.487 e. The van der Waals surface area contributed by atoms with E-state index in [1.165, 1.54) is 0 Å². The summed E-state index contributed by atoms with van der Waals surface area (Å²) in [5, 5.41) is 17.0. The minimum Gasteiger partial charge on any atom is -0.487 e. The van der Waals surface area contributed by atoms with Gasteiger partial charge < -0.3 is 24.2 Å². The first kappa shape index (κ1) is 28.9. The van der Waals surface area contributed by atoms with Gasteiger partial charge in [0.15, 0.2) is 5.58 Å². The molecule has 0 spiro atoms. The molecule has 1 aliphatic rings. The van der Waals surface area contributed by atoms with Crippen molar-refractivity contribution >= 4 is 17.1 Å². The lowest BCUT2D eigenvalue weighted by atomic mass is 9.91. The lowest BCUT2D eigenvalue weighted by Crippen LogP contribution is -2.41. The maximum atomic E-state index is 12.3. The molecule has 1 saturated heterocycles. The molecule has 0 radical (unpaired) electrons. The van der Waals surface area contributed by atoms with E-state index in [-0.39, 0.29) is 6.09 Å². The number of carbonyl (C=O) groups is 1. The SMILES string of the molecule is CNC.Cc1c(OCc2ccc(C#N)cn2)ccc2c(CCC3CCN(C(=O)OC(C)(C)C)CC3)noc12. The number of aryl methyl sites for hydroxylation is 2. The average molecular weight is 522 g/mol. The van der Waals surface area contributed by atoms with Gasteiger partial charge in [0, 0.05) is 30.2 Å². The minimum atomic E-state index is -0.467. The lowest BCUT2D eigenvalue weighted by molar-refractivity contribution is 0.0181. The Bertz CT molecular complexity index is 1230. The van der Waals surface area contributed by atoms with E-state index >= 15 is 0 Å². The van der Waals surface area contributed by atoms with E-state index in [9.17, 15) is 4.79 Å². The van der Waals surface area contributed by atoms with Crippen LogP contribution in [0.1, 0.15) is 62.5 Å². The van der Waals surface area contributed by atoms with Crippen molar-refractivity contribution in [1.29, 1.82) is 5.26 Å². The van der Waals surface area contributed by atoms with Gasteiger partial charge in [0.1, 0.15) is 24.0 Å². The van der Waals surface area contributed by atoms with Gasteiger partial charge >= 0.3 is 6.09 Å². The monoisotopic (exact) mass is 521 g/mol. The fraction of sp³-hybridized carbons (Fsp3) is 0.517. The molecule has 9 nitrogen and oxygen atoms in total. The van der Waals surface area contributed by atoms with E-state index < -0.39 is 5.60 Å². The second kappa shape index (κ2) is 13.2. The Kier molecular flexibility index (Phi) is 10.1. The zero-order valence-electron chi connectivity index (χ0n) is 23.3. The van der Waals surface area contributed by atoms with Gasteiger partial charge in [-0.2, -0.15) is 5.26 Å². The molecule has 204 valence electrons. The second-order valence-corrected chi connectivity index (χ2v) is 10.6. The number of nitriles is 1. The molecule has 0 aliphatic carbocycles. The molecular weight excluding hydrogens is 482 g/mol. The lowest BCUT2D eigenvalue weighted by Gasteiger charge is -2.33. The van der Waals surface area contributed by atoms with Gasteiger partial charge in [0.05, 0.1) is 17.0 Å². The van der Waals surface area contributed by atoms with Gasteiger partial charge in [-0.3, -0.25) is 4.98 Å². The van der Waals surface area contributed by atoms with Crippen LogP contribution in [0.15, 0.2) is 35.0 Å². The third-order valence-corrected chi connectivity index (χ3v) is 6.30.